The predicted octanol–water partition coefficient (Wildman–Crippen LogP) is 18.7. The first-order chi connectivity index (χ1) is 39.5. The van der Waals surface area contributed by atoms with E-state index in [9.17, 15) is 0 Å². The number of aromatic nitrogens is 3. The molecule has 5 aromatic heterocycles. The largest absolute Gasteiger partial charge is 0.454 e. The van der Waals surface area contributed by atoms with Crippen LogP contribution < -0.4 is 16.0 Å². The van der Waals surface area contributed by atoms with Gasteiger partial charge in [0.2, 0.25) is 0 Å². The van der Waals surface area contributed by atoms with Gasteiger partial charge >= 0.3 is 0 Å². The molecule has 0 aliphatic heterocycles. The van der Waals surface area contributed by atoms with E-state index in [1.54, 1.807) is 0 Å². The fraction of sp³-hybridized carbons (Fsp3) is 0.0270. The lowest BCUT2D eigenvalue weighted by molar-refractivity contribution is 0.568. The van der Waals surface area contributed by atoms with Crippen molar-refractivity contribution in [2.45, 2.75) is 13.8 Å². The first-order valence-corrected chi connectivity index (χ1v) is 27.3. The van der Waals surface area contributed by atoms with E-state index >= 15 is 0 Å². The van der Waals surface area contributed by atoms with Crippen molar-refractivity contribution in [1.82, 2.24) is 13.7 Å². The Kier molecular flexibility index (Phi) is 10.1. The van der Waals surface area contributed by atoms with Gasteiger partial charge in [0.1, 0.15) is 11.2 Å². The van der Waals surface area contributed by atoms with Gasteiger partial charge < -0.3 is 27.9 Å². The van der Waals surface area contributed by atoms with Crippen LogP contribution in [0.3, 0.4) is 0 Å². The number of nitrogens with zero attached hydrogens (tertiary/aromatic N) is 3. The summed E-state index contributed by atoms with van der Waals surface area (Å²) < 4.78 is 21.0. The number of rotatable bonds is 8. The lowest BCUT2D eigenvalue weighted by atomic mass is 9.91. The van der Waals surface area contributed by atoms with Crippen LogP contribution in [0.5, 0.6) is 0 Å². The zero-order valence-corrected chi connectivity index (χ0v) is 44.0. The van der Waals surface area contributed by atoms with Crippen LogP contribution in [0.2, 0.25) is 0 Å². The number of benzene rings is 11. The summed E-state index contributed by atoms with van der Waals surface area (Å²) in [7, 11) is 0. The summed E-state index contributed by atoms with van der Waals surface area (Å²) in [5.41, 5.74) is 20.3. The standard InChI is InChI=1S/C74H50N4O2/c1-4-22-55-53-30-12-19-39-71(53)79-73(55)46(3)76-63-34-14-11-29-52(63)58-42-60(70(44-69(58)76)78-66-37-17-9-27-50(66)51-28-10-18-38-67(51)78)59-41-57(47-24-6-5-23-45(47)2)62(75-61-33-21-32-56-54-31-13-20-40-72(54)80-74(56)61)43-68(59)77-64-35-15-7-25-48(64)49-26-8-16-36-65(49)77/h4-44,75H,1H2,2-3H3/b55-22-,73-46-. The molecule has 0 bridgehead atoms. The zero-order chi connectivity index (χ0) is 53.2. The number of hydrogen-bond donors (Lipinski definition) is 1. The van der Waals surface area contributed by atoms with Gasteiger partial charge in [-0.1, -0.05) is 183 Å². The average molecular weight is 1030 g/mol. The van der Waals surface area contributed by atoms with Gasteiger partial charge in [-0.25, -0.2) is 0 Å². The molecule has 16 rings (SSSR count). The van der Waals surface area contributed by atoms with Crippen molar-refractivity contribution in [2.24, 2.45) is 0 Å². The average Bonchev–Trinajstić information content (AvgIpc) is 4.34. The molecule has 1 N–H and O–H groups in total. The third-order valence-corrected chi connectivity index (χ3v) is 16.5. The van der Waals surface area contributed by atoms with E-state index in [0.29, 0.717) is 0 Å². The monoisotopic (exact) mass is 1030 g/mol. The second-order valence-corrected chi connectivity index (χ2v) is 20.9. The van der Waals surface area contributed by atoms with Gasteiger partial charge in [-0.15, -0.1) is 0 Å². The maximum Gasteiger partial charge on any atom is 0.158 e. The summed E-state index contributed by atoms with van der Waals surface area (Å²) in [6.45, 7) is 8.54. The van der Waals surface area contributed by atoms with Gasteiger partial charge in [0.15, 0.2) is 11.0 Å². The Labute approximate surface area is 459 Å². The number of aryl methyl sites for hydroxylation is 1. The first-order valence-electron chi connectivity index (χ1n) is 27.3. The highest BCUT2D eigenvalue weighted by Crippen LogP contribution is 2.48. The summed E-state index contributed by atoms with van der Waals surface area (Å²) >= 11 is 0. The summed E-state index contributed by atoms with van der Waals surface area (Å²) in [4.78, 5) is 0. The summed E-state index contributed by atoms with van der Waals surface area (Å²) in [5.74, 6) is 0. The molecular weight excluding hydrogens is 977 g/mol. The van der Waals surface area contributed by atoms with Gasteiger partial charge in [0, 0.05) is 76.1 Å². The van der Waals surface area contributed by atoms with Crippen molar-refractivity contribution >= 4 is 121 Å². The summed E-state index contributed by atoms with van der Waals surface area (Å²) in [6, 6.07) is 85.5. The Bertz CT molecular complexity index is 5300. The maximum atomic E-state index is 6.87. The van der Waals surface area contributed by atoms with Gasteiger partial charge in [0.05, 0.1) is 55.9 Å². The fourth-order valence-corrected chi connectivity index (χ4v) is 13.0. The quantitative estimate of drug-likeness (QED) is 0.165. The number of anilines is 2. The van der Waals surface area contributed by atoms with Crippen LogP contribution in [0.4, 0.5) is 11.4 Å². The van der Waals surface area contributed by atoms with Crippen LogP contribution in [0.25, 0.3) is 144 Å². The van der Waals surface area contributed by atoms with Crippen molar-refractivity contribution in [3.05, 3.63) is 265 Å². The van der Waals surface area contributed by atoms with E-state index in [2.05, 4.69) is 258 Å². The number of para-hydroxylation sites is 8. The molecule has 0 spiro atoms. The van der Waals surface area contributed by atoms with Crippen molar-refractivity contribution in [2.75, 3.05) is 5.32 Å². The molecule has 0 saturated heterocycles. The number of furan rings is 2. The Morgan fingerprint density at radius 3 is 1.50 bits per heavy atom. The molecule has 0 amide bonds. The molecule has 0 fully saturated rings. The molecule has 0 saturated carbocycles. The summed E-state index contributed by atoms with van der Waals surface area (Å²) in [5, 5.41) is 15.2. The van der Waals surface area contributed by atoms with E-state index in [4.69, 9.17) is 8.83 Å². The van der Waals surface area contributed by atoms with E-state index in [-0.39, 0.29) is 0 Å². The Morgan fingerprint density at radius 2 is 0.887 bits per heavy atom. The van der Waals surface area contributed by atoms with Crippen LogP contribution in [0.1, 0.15) is 12.5 Å². The van der Waals surface area contributed by atoms with Crippen molar-refractivity contribution in [3.63, 3.8) is 0 Å². The van der Waals surface area contributed by atoms with Crippen LogP contribution in [0.15, 0.2) is 258 Å². The molecule has 0 atom stereocenters. The smallest absolute Gasteiger partial charge is 0.158 e. The van der Waals surface area contributed by atoms with Crippen LogP contribution in [-0.4, -0.2) is 13.7 Å². The molecule has 0 aliphatic rings. The van der Waals surface area contributed by atoms with Crippen molar-refractivity contribution < 1.29 is 8.83 Å². The molecule has 0 unspecified atom stereocenters. The second kappa shape index (κ2) is 17.7. The van der Waals surface area contributed by atoms with E-state index in [1.165, 1.54) is 27.1 Å². The lowest BCUT2D eigenvalue weighted by Crippen LogP contribution is -2.24. The molecule has 5 heterocycles. The van der Waals surface area contributed by atoms with Crippen LogP contribution in [0, 0.1) is 6.92 Å². The molecule has 16 aromatic rings. The highest BCUT2D eigenvalue weighted by molar-refractivity contribution is 6.16. The molecule has 0 aliphatic carbocycles. The first kappa shape index (κ1) is 45.6. The van der Waals surface area contributed by atoms with Crippen molar-refractivity contribution in [1.29, 1.82) is 0 Å². The van der Waals surface area contributed by atoms with Gasteiger partial charge in [0.25, 0.3) is 0 Å². The Balaban J connectivity index is 1.09. The van der Waals surface area contributed by atoms with Gasteiger partial charge in [-0.3, -0.25) is 0 Å². The van der Waals surface area contributed by atoms with E-state index in [1.807, 2.05) is 30.3 Å². The fourth-order valence-electron chi connectivity index (χ4n) is 13.0. The highest BCUT2D eigenvalue weighted by Gasteiger charge is 2.27. The Morgan fingerprint density at radius 1 is 0.400 bits per heavy atom. The number of fused-ring (bicyclic) bond motifs is 13. The van der Waals surface area contributed by atoms with E-state index < -0.39 is 0 Å². The molecule has 11 aromatic carbocycles. The minimum atomic E-state index is 0.800. The van der Waals surface area contributed by atoms with Gasteiger partial charge in [-0.2, -0.15) is 0 Å². The molecular formula is C74H50N4O2. The number of hydrogen-bond acceptors (Lipinski definition) is 3. The topological polar surface area (TPSA) is 53.1 Å². The minimum Gasteiger partial charge on any atom is -0.454 e. The molecule has 6 nitrogen and oxygen atoms in total. The van der Waals surface area contributed by atoms with Crippen LogP contribution in [-0.2, 0) is 0 Å². The zero-order valence-electron chi connectivity index (χ0n) is 44.0. The van der Waals surface area contributed by atoms with Crippen molar-refractivity contribution in [3.8, 4) is 33.6 Å². The lowest BCUT2D eigenvalue weighted by Gasteiger charge is -2.23. The second-order valence-electron chi connectivity index (χ2n) is 20.9. The molecule has 80 heavy (non-hydrogen) atoms. The normalized spacial score (nSPS) is 12.7. The summed E-state index contributed by atoms with van der Waals surface area (Å²) in [6.07, 6.45) is 3.92. The maximum absolute atomic E-state index is 6.87. The molecule has 378 valence electrons. The molecule has 6 heteroatoms. The number of allylic oxidation sites excluding steroid dienone is 1. The highest BCUT2D eigenvalue weighted by atomic mass is 16.3. The molecule has 0 radical (unpaired) electrons. The van der Waals surface area contributed by atoms with Gasteiger partial charge in [-0.05, 0) is 97.8 Å². The van der Waals surface area contributed by atoms with E-state index in [0.717, 1.165) is 138 Å². The predicted molar refractivity (Wildman–Crippen MR) is 335 cm³/mol. The third kappa shape index (κ3) is 6.72. The minimum absolute atomic E-state index is 0.800. The Hall–Kier alpha value is -10.6. The van der Waals surface area contributed by atoms with Crippen LogP contribution >= 0.6 is 0 Å². The third-order valence-electron chi connectivity index (χ3n) is 16.5. The number of nitrogens with one attached hydrogen (secondary N) is 1. The SMILES string of the molecule is C=C/C=c1\c(=C(/C)n2c3ccccc3c3cc(-c4cc(-c5ccccc5C)c(Nc5cccc6c5oc5ccccc56)cc4-n4c5ccccc5c5ccccc54)c(-n4c5ccccc5c5ccccc54)cc32)oc2ccccc12.